The van der Waals surface area contributed by atoms with Gasteiger partial charge in [-0.1, -0.05) is 82.2 Å². The van der Waals surface area contributed by atoms with Crippen molar-refractivity contribution in [2.24, 2.45) is 17.3 Å². The molecule has 1 aliphatic heterocycles. The Morgan fingerprint density at radius 3 is 2.42 bits per heavy atom. The van der Waals surface area contributed by atoms with E-state index in [1.165, 1.54) is 37.7 Å². The van der Waals surface area contributed by atoms with Gasteiger partial charge in [0.25, 0.3) is 0 Å². The van der Waals surface area contributed by atoms with Crippen molar-refractivity contribution in [1.29, 1.82) is 0 Å². The van der Waals surface area contributed by atoms with Gasteiger partial charge in [-0.15, -0.1) is 0 Å². The molecule has 36 heavy (non-hydrogen) atoms. The number of carbonyl (C=O) groups excluding carboxylic acids is 2. The largest absolute Gasteiger partial charge is 0.387 e. The first-order valence-corrected chi connectivity index (χ1v) is 14.7. The summed E-state index contributed by atoms with van der Waals surface area (Å²) in [7, 11) is 0. The summed E-state index contributed by atoms with van der Waals surface area (Å²) in [6.07, 6.45) is 13.3. The van der Waals surface area contributed by atoms with Crippen LogP contribution in [0.5, 0.6) is 0 Å². The second-order valence-corrected chi connectivity index (χ2v) is 12.1. The highest BCUT2D eigenvalue weighted by Gasteiger charge is 2.56. The minimum atomic E-state index is -0.925. The standard InChI is InChI=1S/C31H48N2O3/c1-3-32(28(34)17-16-26-12-6-4-7-13-26)24-31(36)20-21-33(23-30(31)18-10-11-19-30)29(35)25(2)22-27-14-8-5-9-15-27/h4,6-7,12-13,25,27,36H,3,5,8-11,14-24H2,1-2H3/t25-,31-/m1/s1. The molecular formula is C31H48N2O3. The Morgan fingerprint density at radius 2 is 1.75 bits per heavy atom. The number of benzene rings is 1. The fraction of sp³-hybridized carbons (Fsp3) is 0.742. The maximum Gasteiger partial charge on any atom is 0.225 e. The average Bonchev–Trinajstić information content (AvgIpc) is 3.38. The van der Waals surface area contributed by atoms with E-state index >= 15 is 0 Å². The third-order valence-electron chi connectivity index (χ3n) is 9.64. The van der Waals surface area contributed by atoms with Crippen LogP contribution in [0.3, 0.4) is 0 Å². The molecule has 2 atom stereocenters. The van der Waals surface area contributed by atoms with E-state index < -0.39 is 5.60 Å². The van der Waals surface area contributed by atoms with Crippen molar-refractivity contribution in [3.05, 3.63) is 35.9 Å². The molecule has 2 saturated carbocycles. The number of aliphatic hydroxyl groups is 1. The van der Waals surface area contributed by atoms with Gasteiger partial charge in [0.15, 0.2) is 0 Å². The third kappa shape index (κ3) is 6.15. The number of carbonyl (C=O) groups is 2. The number of aryl methyl sites for hydroxylation is 1. The molecular weight excluding hydrogens is 448 g/mol. The molecule has 1 heterocycles. The van der Waals surface area contributed by atoms with Gasteiger partial charge in [-0.3, -0.25) is 9.59 Å². The van der Waals surface area contributed by atoms with Crippen LogP contribution in [0.15, 0.2) is 30.3 Å². The molecule has 2 amide bonds. The zero-order valence-electron chi connectivity index (χ0n) is 22.7. The van der Waals surface area contributed by atoms with Gasteiger partial charge in [0, 0.05) is 37.4 Å². The summed E-state index contributed by atoms with van der Waals surface area (Å²) in [6.45, 7) is 6.36. The molecule has 3 fully saturated rings. The van der Waals surface area contributed by atoms with Gasteiger partial charge >= 0.3 is 0 Å². The summed E-state index contributed by atoms with van der Waals surface area (Å²) in [5, 5.41) is 12.1. The lowest BCUT2D eigenvalue weighted by atomic mass is 9.65. The predicted molar refractivity (Wildman–Crippen MR) is 144 cm³/mol. The summed E-state index contributed by atoms with van der Waals surface area (Å²) in [5.74, 6) is 1.15. The Balaban J connectivity index is 1.39. The summed E-state index contributed by atoms with van der Waals surface area (Å²) in [4.78, 5) is 30.6. The lowest BCUT2D eigenvalue weighted by Gasteiger charge is -2.54. The van der Waals surface area contributed by atoms with E-state index in [4.69, 9.17) is 0 Å². The highest BCUT2D eigenvalue weighted by molar-refractivity contribution is 5.79. The summed E-state index contributed by atoms with van der Waals surface area (Å²) < 4.78 is 0. The number of amides is 2. The minimum Gasteiger partial charge on any atom is -0.387 e. The van der Waals surface area contributed by atoms with Crippen molar-refractivity contribution in [1.82, 2.24) is 9.80 Å². The van der Waals surface area contributed by atoms with Crippen molar-refractivity contribution < 1.29 is 14.7 Å². The highest BCUT2D eigenvalue weighted by Crippen LogP contribution is 2.51. The minimum absolute atomic E-state index is 0.0597. The van der Waals surface area contributed by atoms with E-state index in [0.29, 0.717) is 44.9 Å². The Hall–Kier alpha value is -1.88. The van der Waals surface area contributed by atoms with Crippen molar-refractivity contribution >= 4 is 11.8 Å². The van der Waals surface area contributed by atoms with Crippen LogP contribution in [-0.2, 0) is 16.0 Å². The second kappa shape index (κ2) is 12.1. The molecule has 5 heteroatoms. The topological polar surface area (TPSA) is 60.9 Å². The molecule has 1 N–H and O–H groups in total. The first-order valence-electron chi connectivity index (χ1n) is 14.7. The van der Waals surface area contributed by atoms with Gasteiger partial charge in [-0.25, -0.2) is 0 Å². The quantitative estimate of drug-likeness (QED) is 0.484. The number of likely N-dealkylation sites (tertiary alicyclic amines) is 1. The SMILES string of the molecule is CCN(C[C@]1(O)CCN(C(=O)[C@H](C)CC2CCCCC2)CC12CCCC2)C(=O)CCc1ccccc1. The van der Waals surface area contributed by atoms with Crippen LogP contribution in [0.25, 0.3) is 0 Å². The Bertz CT molecular complexity index is 860. The molecule has 200 valence electrons. The smallest absolute Gasteiger partial charge is 0.225 e. The van der Waals surface area contributed by atoms with E-state index in [2.05, 4.69) is 24.0 Å². The van der Waals surface area contributed by atoms with Gasteiger partial charge < -0.3 is 14.9 Å². The number of hydrogen-bond donors (Lipinski definition) is 1. The number of nitrogens with zero attached hydrogens (tertiary/aromatic N) is 2. The van der Waals surface area contributed by atoms with Crippen molar-refractivity contribution in [3.63, 3.8) is 0 Å². The fourth-order valence-electron chi connectivity index (χ4n) is 7.37. The lowest BCUT2D eigenvalue weighted by molar-refractivity contribution is -0.169. The molecule has 2 aliphatic carbocycles. The van der Waals surface area contributed by atoms with Gasteiger partial charge in [-0.2, -0.15) is 0 Å². The molecule has 0 radical (unpaired) electrons. The normalized spacial score (nSPS) is 25.1. The Labute approximate surface area is 218 Å². The van der Waals surface area contributed by atoms with Crippen LogP contribution in [0.1, 0.15) is 96.5 Å². The van der Waals surface area contributed by atoms with Gasteiger partial charge in [-0.05, 0) is 50.5 Å². The molecule has 1 aromatic rings. The zero-order chi connectivity index (χ0) is 25.6. The molecule has 1 aromatic carbocycles. The second-order valence-electron chi connectivity index (χ2n) is 12.1. The lowest BCUT2D eigenvalue weighted by Crippen LogP contribution is -2.64. The van der Waals surface area contributed by atoms with Gasteiger partial charge in [0.05, 0.1) is 12.1 Å². The number of rotatable bonds is 9. The van der Waals surface area contributed by atoms with Crippen LogP contribution in [0.2, 0.25) is 0 Å². The van der Waals surface area contributed by atoms with Gasteiger partial charge in [0.2, 0.25) is 11.8 Å². The van der Waals surface area contributed by atoms with E-state index in [1.54, 1.807) is 0 Å². The van der Waals surface area contributed by atoms with Crippen LogP contribution < -0.4 is 0 Å². The third-order valence-corrected chi connectivity index (χ3v) is 9.64. The first-order chi connectivity index (χ1) is 17.4. The highest BCUT2D eigenvalue weighted by atomic mass is 16.3. The molecule has 1 spiro atoms. The van der Waals surface area contributed by atoms with Crippen LogP contribution in [0.4, 0.5) is 0 Å². The van der Waals surface area contributed by atoms with Crippen LogP contribution in [-0.4, -0.2) is 58.5 Å². The van der Waals surface area contributed by atoms with Crippen LogP contribution >= 0.6 is 0 Å². The van der Waals surface area contributed by atoms with E-state index in [9.17, 15) is 14.7 Å². The fourth-order valence-corrected chi connectivity index (χ4v) is 7.37. The van der Waals surface area contributed by atoms with E-state index in [-0.39, 0.29) is 23.1 Å². The first kappa shape index (κ1) is 27.2. The maximum atomic E-state index is 13.5. The molecule has 0 aromatic heterocycles. The predicted octanol–water partition coefficient (Wildman–Crippen LogP) is 5.60. The van der Waals surface area contributed by atoms with E-state index in [1.807, 2.05) is 30.0 Å². The molecule has 4 rings (SSSR count). The van der Waals surface area contributed by atoms with Crippen LogP contribution in [0, 0.1) is 17.3 Å². The summed E-state index contributed by atoms with van der Waals surface area (Å²) in [5.41, 5.74) is -0.0498. The molecule has 0 bridgehead atoms. The number of hydrogen-bond acceptors (Lipinski definition) is 3. The molecule has 1 saturated heterocycles. The van der Waals surface area contributed by atoms with Crippen molar-refractivity contribution in [3.8, 4) is 0 Å². The average molecular weight is 497 g/mol. The summed E-state index contributed by atoms with van der Waals surface area (Å²) >= 11 is 0. The Kier molecular flexibility index (Phi) is 9.14. The Morgan fingerprint density at radius 1 is 1.06 bits per heavy atom. The molecule has 0 unspecified atom stereocenters. The van der Waals surface area contributed by atoms with Crippen molar-refractivity contribution in [2.75, 3.05) is 26.2 Å². The monoisotopic (exact) mass is 496 g/mol. The maximum absolute atomic E-state index is 13.5. The summed E-state index contributed by atoms with van der Waals surface area (Å²) in [6, 6.07) is 10.1. The number of likely N-dealkylation sites (N-methyl/N-ethyl adjacent to an activating group) is 1. The molecule has 5 nitrogen and oxygen atoms in total. The number of piperidine rings is 1. The molecule has 3 aliphatic rings. The van der Waals surface area contributed by atoms with Crippen molar-refractivity contribution in [2.45, 2.75) is 103 Å². The van der Waals surface area contributed by atoms with E-state index in [0.717, 1.165) is 38.5 Å². The van der Waals surface area contributed by atoms with Gasteiger partial charge in [0.1, 0.15) is 0 Å². The zero-order valence-corrected chi connectivity index (χ0v) is 22.7.